The van der Waals surface area contributed by atoms with Crippen molar-refractivity contribution >= 4 is 17.9 Å². The second kappa shape index (κ2) is 8.46. The molecule has 0 bridgehead atoms. The van der Waals surface area contributed by atoms with Gasteiger partial charge in [-0.3, -0.25) is 4.79 Å². The molecule has 2 aromatic heterocycles. The highest BCUT2D eigenvalue weighted by atomic mass is 19.3. The van der Waals surface area contributed by atoms with E-state index < -0.39 is 12.2 Å². The molecule has 0 radical (unpaired) electrons. The third-order valence-electron chi connectivity index (χ3n) is 5.62. The van der Waals surface area contributed by atoms with E-state index in [2.05, 4.69) is 20.1 Å². The number of alkyl halides is 2. The van der Waals surface area contributed by atoms with Gasteiger partial charge in [-0.2, -0.15) is 4.98 Å². The predicted octanol–water partition coefficient (Wildman–Crippen LogP) is 1.08. The molecule has 2 saturated heterocycles. The fraction of sp³-hybridized carbons (Fsp3) is 0.611. The molecule has 2 aliphatic rings. The van der Waals surface area contributed by atoms with Crippen LogP contribution in [0.25, 0.3) is 0 Å². The molecule has 0 spiro atoms. The number of rotatable bonds is 5. The van der Waals surface area contributed by atoms with E-state index in [0.717, 1.165) is 13.0 Å². The van der Waals surface area contributed by atoms with Gasteiger partial charge in [0, 0.05) is 57.7 Å². The van der Waals surface area contributed by atoms with Crippen LogP contribution < -0.4 is 15.5 Å². The molecule has 0 saturated carbocycles. The van der Waals surface area contributed by atoms with Crippen LogP contribution in [0.3, 0.4) is 0 Å². The van der Waals surface area contributed by atoms with Crippen LogP contribution in [0.5, 0.6) is 0 Å². The lowest BCUT2D eigenvalue weighted by Crippen LogP contribution is -2.45. The number of piperidine rings is 1. The third-order valence-corrected chi connectivity index (χ3v) is 5.62. The van der Waals surface area contributed by atoms with Gasteiger partial charge in [0.15, 0.2) is 0 Å². The topological polar surface area (TPSA) is 118 Å². The molecular weight excluding hydrogens is 398 g/mol. The summed E-state index contributed by atoms with van der Waals surface area (Å²) in [4.78, 5) is 30.7. The molecule has 2 fully saturated rings. The van der Waals surface area contributed by atoms with Crippen molar-refractivity contribution < 1.29 is 18.1 Å². The maximum Gasteiger partial charge on any atom is 0.324 e. The van der Waals surface area contributed by atoms with Gasteiger partial charge in [-0.1, -0.05) is 5.16 Å². The summed E-state index contributed by atoms with van der Waals surface area (Å²) in [7, 11) is 1.75. The van der Waals surface area contributed by atoms with Gasteiger partial charge in [-0.15, -0.1) is 0 Å². The minimum absolute atomic E-state index is 0.00231. The quantitative estimate of drug-likeness (QED) is 0.755. The molecule has 12 heteroatoms. The van der Waals surface area contributed by atoms with Crippen molar-refractivity contribution in [3.05, 3.63) is 23.8 Å². The average molecular weight is 422 g/mol. The van der Waals surface area contributed by atoms with E-state index in [0.29, 0.717) is 44.0 Å². The summed E-state index contributed by atoms with van der Waals surface area (Å²) < 4.78 is 30.2. The van der Waals surface area contributed by atoms with Crippen LogP contribution >= 0.6 is 0 Å². The zero-order valence-corrected chi connectivity index (χ0v) is 16.6. The van der Waals surface area contributed by atoms with Gasteiger partial charge in [-0.25, -0.2) is 18.7 Å². The van der Waals surface area contributed by atoms with E-state index in [1.54, 1.807) is 29.2 Å². The molecule has 2 aromatic rings. The monoisotopic (exact) mass is 422 g/mol. The molecular formula is C18H24F2N8O2. The molecule has 1 atom stereocenters. The van der Waals surface area contributed by atoms with Crippen LogP contribution in [0.2, 0.25) is 0 Å². The number of nitrogens with two attached hydrogens (primary N) is 1. The molecule has 0 aliphatic carbocycles. The Balaban J connectivity index is 1.33. The van der Waals surface area contributed by atoms with E-state index in [1.165, 1.54) is 0 Å². The van der Waals surface area contributed by atoms with Crippen LogP contribution in [0.4, 0.5) is 20.7 Å². The Bertz CT molecular complexity index is 869. The minimum atomic E-state index is -2.76. The first-order chi connectivity index (χ1) is 14.4. The van der Waals surface area contributed by atoms with E-state index in [4.69, 9.17) is 10.3 Å². The summed E-state index contributed by atoms with van der Waals surface area (Å²) >= 11 is 0. The first-order valence-corrected chi connectivity index (χ1v) is 9.89. The van der Waals surface area contributed by atoms with Gasteiger partial charge in [-0.05, 0) is 19.3 Å². The van der Waals surface area contributed by atoms with Crippen molar-refractivity contribution in [2.75, 3.05) is 43.0 Å². The SMILES string of the molecule is CN(C(=O)c1cnc(N2CCC(N)C2)nc1)C1CCN(c2nc(C(F)F)no2)CC1. The summed E-state index contributed by atoms with van der Waals surface area (Å²) in [6, 6.07) is 0.215. The van der Waals surface area contributed by atoms with Crippen molar-refractivity contribution in [3.63, 3.8) is 0 Å². The van der Waals surface area contributed by atoms with Gasteiger partial charge < -0.3 is 25.0 Å². The molecule has 2 N–H and O–H groups in total. The highest BCUT2D eigenvalue weighted by Gasteiger charge is 2.29. The van der Waals surface area contributed by atoms with Crippen molar-refractivity contribution in [3.8, 4) is 0 Å². The number of carbonyl (C=O) groups is 1. The Morgan fingerprint density at radius 3 is 2.43 bits per heavy atom. The van der Waals surface area contributed by atoms with Crippen molar-refractivity contribution in [1.29, 1.82) is 0 Å². The molecule has 1 unspecified atom stereocenters. The van der Waals surface area contributed by atoms with Crippen LogP contribution in [0.15, 0.2) is 16.9 Å². The molecule has 4 rings (SSSR count). The highest BCUT2D eigenvalue weighted by molar-refractivity contribution is 5.93. The van der Waals surface area contributed by atoms with Crippen LogP contribution in [0.1, 0.15) is 41.9 Å². The highest BCUT2D eigenvalue weighted by Crippen LogP contribution is 2.24. The molecule has 2 aliphatic heterocycles. The predicted molar refractivity (Wildman–Crippen MR) is 103 cm³/mol. The van der Waals surface area contributed by atoms with Crippen molar-refractivity contribution in [2.24, 2.45) is 5.73 Å². The van der Waals surface area contributed by atoms with Crippen LogP contribution in [-0.4, -0.2) is 76.2 Å². The number of hydrogen-bond acceptors (Lipinski definition) is 9. The lowest BCUT2D eigenvalue weighted by Gasteiger charge is -2.35. The fourth-order valence-electron chi connectivity index (χ4n) is 3.82. The number of carbonyl (C=O) groups excluding carboxylic acids is 1. The number of halogens is 2. The average Bonchev–Trinajstić information content (AvgIpc) is 3.43. The Hall–Kier alpha value is -2.89. The Labute approximate surface area is 172 Å². The first-order valence-electron chi connectivity index (χ1n) is 9.89. The number of hydrogen-bond donors (Lipinski definition) is 1. The fourth-order valence-corrected chi connectivity index (χ4v) is 3.82. The Kier molecular flexibility index (Phi) is 5.75. The zero-order valence-electron chi connectivity index (χ0n) is 16.6. The van der Waals surface area contributed by atoms with E-state index in [-0.39, 0.29) is 24.0 Å². The number of aromatic nitrogens is 4. The van der Waals surface area contributed by atoms with E-state index in [9.17, 15) is 13.6 Å². The maximum atomic E-state index is 12.8. The smallest absolute Gasteiger partial charge is 0.324 e. The second-order valence-electron chi connectivity index (χ2n) is 7.64. The zero-order chi connectivity index (χ0) is 21.3. The van der Waals surface area contributed by atoms with Crippen molar-refractivity contribution in [2.45, 2.75) is 37.8 Å². The number of amides is 1. The molecule has 10 nitrogen and oxygen atoms in total. The normalized spacial score (nSPS) is 20.2. The van der Waals surface area contributed by atoms with E-state index >= 15 is 0 Å². The molecule has 30 heavy (non-hydrogen) atoms. The Morgan fingerprint density at radius 1 is 1.20 bits per heavy atom. The lowest BCUT2D eigenvalue weighted by molar-refractivity contribution is 0.0707. The van der Waals surface area contributed by atoms with Gasteiger partial charge in [0.2, 0.25) is 11.8 Å². The van der Waals surface area contributed by atoms with Gasteiger partial charge >= 0.3 is 12.4 Å². The Morgan fingerprint density at radius 2 is 1.87 bits per heavy atom. The summed E-state index contributed by atoms with van der Waals surface area (Å²) in [5.41, 5.74) is 6.34. The summed E-state index contributed by atoms with van der Waals surface area (Å²) in [5.74, 6) is -0.187. The number of nitrogens with zero attached hydrogens (tertiary/aromatic N) is 7. The summed E-state index contributed by atoms with van der Waals surface area (Å²) in [5, 5.41) is 3.29. The second-order valence-corrected chi connectivity index (χ2v) is 7.64. The first kappa shape index (κ1) is 20.4. The molecule has 0 aromatic carbocycles. The van der Waals surface area contributed by atoms with Crippen LogP contribution in [-0.2, 0) is 0 Å². The maximum absolute atomic E-state index is 12.8. The number of anilines is 2. The standard InChI is InChI=1S/C18H24F2N8O2/c1-26(13-3-6-27(7-4-13)18-24-15(14(19)20)25-30-18)16(29)11-8-22-17(23-9-11)28-5-2-12(21)10-28/h8-9,12-14H,2-7,10,21H2,1H3. The summed E-state index contributed by atoms with van der Waals surface area (Å²) in [6.45, 7) is 2.58. The largest absolute Gasteiger partial charge is 0.339 e. The van der Waals surface area contributed by atoms with Gasteiger partial charge in [0.25, 0.3) is 5.91 Å². The minimum Gasteiger partial charge on any atom is -0.339 e. The third kappa shape index (κ3) is 4.18. The van der Waals surface area contributed by atoms with Crippen molar-refractivity contribution in [1.82, 2.24) is 25.0 Å². The van der Waals surface area contributed by atoms with Crippen LogP contribution in [0, 0.1) is 0 Å². The molecule has 1 amide bonds. The molecule has 4 heterocycles. The molecule has 162 valence electrons. The van der Waals surface area contributed by atoms with Gasteiger partial charge in [0.05, 0.1) is 5.56 Å². The lowest BCUT2D eigenvalue weighted by atomic mass is 10.0. The van der Waals surface area contributed by atoms with Gasteiger partial charge in [0.1, 0.15) is 0 Å². The van der Waals surface area contributed by atoms with E-state index in [1.807, 2.05) is 4.90 Å². The summed E-state index contributed by atoms with van der Waals surface area (Å²) in [6.07, 6.45) is 2.53.